The zero-order valence-corrected chi connectivity index (χ0v) is 14.6. The van der Waals surface area contributed by atoms with Gasteiger partial charge in [-0.25, -0.2) is 0 Å². The lowest BCUT2D eigenvalue weighted by molar-refractivity contribution is -0.0430. The topological polar surface area (TPSA) is 44.5 Å². The van der Waals surface area contributed by atoms with Gasteiger partial charge in [0.1, 0.15) is 5.75 Å². The lowest BCUT2D eigenvalue weighted by atomic mass is 9.83. The summed E-state index contributed by atoms with van der Waals surface area (Å²) in [6.45, 7) is 0. The Morgan fingerprint density at radius 2 is 1.86 bits per heavy atom. The molecule has 1 aromatic rings. The highest BCUT2D eigenvalue weighted by Crippen LogP contribution is 2.34. The summed E-state index contributed by atoms with van der Waals surface area (Å²) >= 11 is 3.54. The standard InChI is InChI=1S/C17H26BrNO2/c1-20-15-8-7-13(11-14(15)18)12-16(19)17(21-2)9-5-3-4-6-10-17/h7-8,11,16H,3-6,9-10,12,19H2,1-2H3. The van der Waals surface area contributed by atoms with Crippen LogP contribution in [0.25, 0.3) is 0 Å². The molecule has 0 amide bonds. The fourth-order valence-corrected chi connectivity index (χ4v) is 3.92. The molecule has 1 atom stereocenters. The average molecular weight is 356 g/mol. The molecule has 0 radical (unpaired) electrons. The lowest BCUT2D eigenvalue weighted by Crippen LogP contribution is -2.50. The smallest absolute Gasteiger partial charge is 0.133 e. The second-order valence-corrected chi connectivity index (χ2v) is 6.82. The van der Waals surface area contributed by atoms with Gasteiger partial charge in [0, 0.05) is 13.2 Å². The van der Waals surface area contributed by atoms with Crippen LogP contribution in [0.2, 0.25) is 0 Å². The van der Waals surface area contributed by atoms with Crippen LogP contribution < -0.4 is 10.5 Å². The first kappa shape index (κ1) is 16.8. The van der Waals surface area contributed by atoms with Gasteiger partial charge < -0.3 is 15.2 Å². The summed E-state index contributed by atoms with van der Waals surface area (Å²) in [4.78, 5) is 0. The van der Waals surface area contributed by atoms with Gasteiger partial charge in [-0.05, 0) is 52.9 Å². The van der Waals surface area contributed by atoms with E-state index in [1.165, 1.54) is 31.2 Å². The SMILES string of the molecule is COc1ccc(CC(N)C2(OC)CCCCCC2)cc1Br. The van der Waals surface area contributed by atoms with E-state index in [4.69, 9.17) is 15.2 Å². The highest BCUT2D eigenvalue weighted by Gasteiger charge is 2.37. The van der Waals surface area contributed by atoms with E-state index in [1.54, 1.807) is 7.11 Å². The largest absolute Gasteiger partial charge is 0.496 e. The van der Waals surface area contributed by atoms with Gasteiger partial charge in [-0.3, -0.25) is 0 Å². The summed E-state index contributed by atoms with van der Waals surface area (Å²) in [5.41, 5.74) is 7.60. The van der Waals surface area contributed by atoms with Gasteiger partial charge in [0.15, 0.2) is 0 Å². The Kier molecular flexibility index (Phi) is 6.08. The molecule has 1 saturated carbocycles. The van der Waals surface area contributed by atoms with Crippen molar-refractivity contribution in [2.75, 3.05) is 14.2 Å². The summed E-state index contributed by atoms with van der Waals surface area (Å²) in [6.07, 6.45) is 8.00. The minimum Gasteiger partial charge on any atom is -0.496 e. The zero-order valence-electron chi connectivity index (χ0n) is 13.0. The van der Waals surface area contributed by atoms with Crippen molar-refractivity contribution in [1.29, 1.82) is 0 Å². The van der Waals surface area contributed by atoms with Crippen molar-refractivity contribution in [3.63, 3.8) is 0 Å². The van der Waals surface area contributed by atoms with E-state index in [9.17, 15) is 0 Å². The molecule has 4 heteroatoms. The lowest BCUT2D eigenvalue weighted by Gasteiger charge is -2.37. The van der Waals surface area contributed by atoms with E-state index in [2.05, 4.69) is 28.1 Å². The van der Waals surface area contributed by atoms with Crippen LogP contribution in [0, 0.1) is 0 Å². The second-order valence-electron chi connectivity index (χ2n) is 5.96. The monoisotopic (exact) mass is 355 g/mol. The zero-order chi connectivity index (χ0) is 15.3. The van der Waals surface area contributed by atoms with Crippen LogP contribution in [0.3, 0.4) is 0 Å². The van der Waals surface area contributed by atoms with E-state index >= 15 is 0 Å². The van der Waals surface area contributed by atoms with E-state index in [1.807, 2.05) is 13.2 Å². The molecule has 1 aliphatic carbocycles. The maximum absolute atomic E-state index is 6.54. The van der Waals surface area contributed by atoms with Crippen LogP contribution in [0.5, 0.6) is 5.75 Å². The quantitative estimate of drug-likeness (QED) is 0.809. The molecule has 1 aliphatic rings. The number of nitrogens with two attached hydrogens (primary N) is 1. The van der Waals surface area contributed by atoms with Gasteiger partial charge in [-0.1, -0.05) is 31.7 Å². The molecular formula is C17H26BrNO2. The summed E-state index contributed by atoms with van der Waals surface area (Å²) in [5.74, 6) is 0.850. The first-order valence-electron chi connectivity index (χ1n) is 7.74. The molecule has 3 nitrogen and oxygen atoms in total. The molecule has 1 unspecified atom stereocenters. The normalized spacial score (nSPS) is 19.8. The molecular weight excluding hydrogens is 330 g/mol. The Labute approximate surface area is 136 Å². The van der Waals surface area contributed by atoms with Crippen molar-refractivity contribution < 1.29 is 9.47 Å². The number of hydrogen-bond donors (Lipinski definition) is 1. The Hall–Kier alpha value is -0.580. The summed E-state index contributed by atoms with van der Waals surface area (Å²) < 4.78 is 12.2. The summed E-state index contributed by atoms with van der Waals surface area (Å²) in [7, 11) is 3.49. The van der Waals surface area contributed by atoms with Crippen molar-refractivity contribution in [3.8, 4) is 5.75 Å². The van der Waals surface area contributed by atoms with Crippen molar-refractivity contribution in [2.45, 2.75) is 56.6 Å². The molecule has 1 fully saturated rings. The Morgan fingerprint density at radius 1 is 1.19 bits per heavy atom. The summed E-state index contributed by atoms with van der Waals surface area (Å²) in [5, 5.41) is 0. The molecule has 1 aromatic carbocycles. The predicted octanol–water partition coefficient (Wildman–Crippen LogP) is 4.07. The maximum Gasteiger partial charge on any atom is 0.133 e. The molecule has 21 heavy (non-hydrogen) atoms. The highest BCUT2D eigenvalue weighted by molar-refractivity contribution is 9.10. The fraction of sp³-hybridized carbons (Fsp3) is 0.647. The Balaban J connectivity index is 2.11. The Bertz CT molecular complexity index is 456. The van der Waals surface area contributed by atoms with Crippen LogP contribution in [0.1, 0.15) is 44.1 Å². The molecule has 2 N–H and O–H groups in total. The number of ether oxygens (including phenoxy) is 2. The van der Waals surface area contributed by atoms with Crippen molar-refractivity contribution in [1.82, 2.24) is 0 Å². The summed E-state index contributed by atoms with van der Waals surface area (Å²) in [6, 6.07) is 6.20. The van der Waals surface area contributed by atoms with Crippen LogP contribution in [0.15, 0.2) is 22.7 Å². The molecule has 0 spiro atoms. The third-order valence-corrected chi connectivity index (χ3v) is 5.32. The van der Waals surface area contributed by atoms with E-state index in [0.717, 1.165) is 29.5 Å². The van der Waals surface area contributed by atoms with Crippen LogP contribution in [0.4, 0.5) is 0 Å². The van der Waals surface area contributed by atoms with Crippen LogP contribution in [-0.2, 0) is 11.2 Å². The number of halogens is 1. The molecule has 0 aromatic heterocycles. The molecule has 0 bridgehead atoms. The molecule has 0 heterocycles. The Morgan fingerprint density at radius 3 is 2.38 bits per heavy atom. The molecule has 2 rings (SSSR count). The second kappa shape index (κ2) is 7.61. The van der Waals surface area contributed by atoms with Gasteiger partial charge in [0.05, 0.1) is 17.2 Å². The minimum atomic E-state index is -0.164. The first-order chi connectivity index (χ1) is 10.1. The van der Waals surface area contributed by atoms with Gasteiger partial charge in [0.2, 0.25) is 0 Å². The number of rotatable bonds is 5. The number of benzene rings is 1. The third kappa shape index (κ3) is 3.99. The molecule has 118 valence electrons. The molecule has 0 saturated heterocycles. The van der Waals surface area contributed by atoms with Gasteiger partial charge in [-0.2, -0.15) is 0 Å². The van der Waals surface area contributed by atoms with Gasteiger partial charge >= 0.3 is 0 Å². The van der Waals surface area contributed by atoms with E-state index < -0.39 is 0 Å². The number of methoxy groups -OCH3 is 2. The van der Waals surface area contributed by atoms with Crippen LogP contribution >= 0.6 is 15.9 Å². The van der Waals surface area contributed by atoms with Crippen molar-refractivity contribution >= 4 is 15.9 Å². The maximum atomic E-state index is 6.54. The minimum absolute atomic E-state index is 0.0286. The van der Waals surface area contributed by atoms with Crippen molar-refractivity contribution in [2.24, 2.45) is 5.73 Å². The average Bonchev–Trinajstić information content (AvgIpc) is 2.74. The van der Waals surface area contributed by atoms with E-state index in [0.29, 0.717) is 0 Å². The van der Waals surface area contributed by atoms with Crippen LogP contribution in [-0.4, -0.2) is 25.9 Å². The van der Waals surface area contributed by atoms with Crippen molar-refractivity contribution in [3.05, 3.63) is 28.2 Å². The highest BCUT2D eigenvalue weighted by atomic mass is 79.9. The predicted molar refractivity (Wildman–Crippen MR) is 89.8 cm³/mol. The fourth-order valence-electron chi connectivity index (χ4n) is 3.33. The molecule has 0 aliphatic heterocycles. The number of hydrogen-bond acceptors (Lipinski definition) is 3. The first-order valence-corrected chi connectivity index (χ1v) is 8.54. The van der Waals surface area contributed by atoms with Gasteiger partial charge in [-0.15, -0.1) is 0 Å². The van der Waals surface area contributed by atoms with E-state index in [-0.39, 0.29) is 11.6 Å². The third-order valence-electron chi connectivity index (χ3n) is 4.70. The van der Waals surface area contributed by atoms with Gasteiger partial charge in [0.25, 0.3) is 0 Å².